The van der Waals surface area contributed by atoms with Gasteiger partial charge in [0.1, 0.15) is 11.3 Å². The van der Waals surface area contributed by atoms with E-state index in [9.17, 15) is 9.90 Å². The molecule has 37 heavy (non-hydrogen) atoms. The van der Waals surface area contributed by atoms with Gasteiger partial charge in [-0.25, -0.2) is 19.2 Å². The van der Waals surface area contributed by atoms with Gasteiger partial charge in [-0.05, 0) is 36.4 Å². The number of anilines is 2. The molecule has 0 spiro atoms. The van der Waals surface area contributed by atoms with Crippen LogP contribution in [0, 0.1) is 5.82 Å². The topological polar surface area (TPSA) is 106 Å². The second-order valence-electron chi connectivity index (χ2n) is 8.09. The lowest BCUT2D eigenvalue weighted by molar-refractivity contribution is 0.0693. The van der Waals surface area contributed by atoms with E-state index in [1.54, 1.807) is 48.7 Å². The highest BCUT2D eigenvalue weighted by atomic mass is 35.5. The number of aromatic nitrogens is 2. The van der Waals surface area contributed by atoms with Gasteiger partial charge in [-0.2, -0.15) is 0 Å². The number of ether oxygens (including phenoxy) is 2. The zero-order valence-electron chi connectivity index (χ0n) is 19.8. The number of carbonyl (C=O) groups is 1. The molecule has 0 unspecified atom stereocenters. The summed E-state index contributed by atoms with van der Waals surface area (Å²) >= 11 is 6.34. The minimum atomic E-state index is -1.09. The SMILES string of the molecule is COc1cc(Nc2ncc3c(n2)-c2ccc(Cl)cc2C(c2cccc(OC)c2F)=NC3)ccc1C(=O)O. The molecule has 0 saturated carbocycles. The van der Waals surface area contributed by atoms with Crippen LogP contribution in [0.4, 0.5) is 16.0 Å². The van der Waals surface area contributed by atoms with Gasteiger partial charge in [-0.1, -0.05) is 23.7 Å². The molecule has 0 aliphatic carbocycles. The standard InChI is InChI=1S/C27H20ClFN4O4/c1-36-21-5-3-4-19(23(21)29)25-20-10-15(28)6-8-17(20)24-14(12-30-25)13-31-27(33-24)32-16-7-9-18(26(34)35)22(11-16)37-2/h3-11,13H,12H2,1-2H3,(H,34,35)(H,31,32,33). The molecule has 0 bridgehead atoms. The third-order valence-electron chi connectivity index (χ3n) is 5.89. The van der Waals surface area contributed by atoms with Crippen LogP contribution in [0.1, 0.15) is 27.0 Å². The second-order valence-corrected chi connectivity index (χ2v) is 8.53. The van der Waals surface area contributed by atoms with E-state index in [1.165, 1.54) is 20.3 Å². The minimum Gasteiger partial charge on any atom is -0.496 e. The molecular formula is C27H20ClFN4O4. The van der Waals surface area contributed by atoms with E-state index in [2.05, 4.69) is 10.3 Å². The van der Waals surface area contributed by atoms with E-state index in [4.69, 9.17) is 31.1 Å². The largest absolute Gasteiger partial charge is 0.496 e. The van der Waals surface area contributed by atoms with Gasteiger partial charge in [0.25, 0.3) is 0 Å². The number of carboxylic acid groups (broad SMARTS) is 1. The summed E-state index contributed by atoms with van der Waals surface area (Å²) in [4.78, 5) is 25.2. The Bertz CT molecular complexity index is 1570. The molecule has 3 aromatic carbocycles. The van der Waals surface area contributed by atoms with Crippen LogP contribution in [0.15, 0.2) is 65.8 Å². The molecule has 1 aromatic heterocycles. The average Bonchev–Trinajstić information content (AvgIpc) is 3.05. The predicted molar refractivity (Wildman–Crippen MR) is 138 cm³/mol. The average molecular weight is 519 g/mol. The maximum atomic E-state index is 15.2. The fourth-order valence-corrected chi connectivity index (χ4v) is 4.31. The van der Waals surface area contributed by atoms with E-state index in [1.807, 2.05) is 6.07 Å². The van der Waals surface area contributed by atoms with Gasteiger partial charge in [-0.3, -0.25) is 4.99 Å². The summed E-state index contributed by atoms with van der Waals surface area (Å²) in [7, 11) is 2.81. The van der Waals surface area contributed by atoms with Gasteiger partial charge in [-0.15, -0.1) is 0 Å². The second kappa shape index (κ2) is 9.87. The van der Waals surface area contributed by atoms with Crippen LogP contribution in [-0.4, -0.2) is 41.0 Å². The first-order valence-corrected chi connectivity index (χ1v) is 11.5. The van der Waals surface area contributed by atoms with Crippen molar-refractivity contribution in [3.63, 3.8) is 0 Å². The molecule has 186 valence electrons. The lowest BCUT2D eigenvalue weighted by Crippen LogP contribution is -2.08. The van der Waals surface area contributed by atoms with Gasteiger partial charge in [0, 0.05) is 45.2 Å². The maximum absolute atomic E-state index is 15.2. The Hall–Kier alpha value is -4.50. The highest BCUT2D eigenvalue weighted by Crippen LogP contribution is 2.35. The summed E-state index contributed by atoms with van der Waals surface area (Å²) in [6, 6.07) is 14.8. The maximum Gasteiger partial charge on any atom is 0.339 e. The number of nitrogens with zero attached hydrogens (tertiary/aromatic N) is 3. The molecule has 2 heterocycles. The number of fused-ring (bicyclic) bond motifs is 3. The van der Waals surface area contributed by atoms with Crippen molar-refractivity contribution in [3.8, 4) is 22.8 Å². The van der Waals surface area contributed by atoms with Crippen molar-refractivity contribution < 1.29 is 23.8 Å². The summed E-state index contributed by atoms with van der Waals surface area (Å²) in [6.45, 7) is 0.217. The Balaban J connectivity index is 1.58. The molecule has 0 radical (unpaired) electrons. The highest BCUT2D eigenvalue weighted by Gasteiger charge is 2.24. The van der Waals surface area contributed by atoms with Crippen LogP contribution in [0.2, 0.25) is 5.02 Å². The van der Waals surface area contributed by atoms with Gasteiger partial charge in [0.2, 0.25) is 5.95 Å². The first-order valence-electron chi connectivity index (χ1n) is 11.1. The molecule has 2 N–H and O–H groups in total. The van der Waals surface area contributed by atoms with Crippen molar-refractivity contribution in [1.82, 2.24) is 9.97 Å². The number of hydrogen-bond donors (Lipinski definition) is 2. The lowest BCUT2D eigenvalue weighted by Gasteiger charge is -2.14. The van der Waals surface area contributed by atoms with Crippen LogP contribution < -0.4 is 14.8 Å². The molecule has 1 aliphatic heterocycles. The van der Waals surface area contributed by atoms with E-state index in [-0.39, 0.29) is 35.1 Å². The molecule has 8 nitrogen and oxygen atoms in total. The van der Waals surface area contributed by atoms with E-state index < -0.39 is 11.8 Å². The molecule has 0 fully saturated rings. The number of carboxylic acids is 1. The molecule has 0 saturated heterocycles. The third-order valence-corrected chi connectivity index (χ3v) is 6.13. The molecule has 0 amide bonds. The molecule has 1 aliphatic rings. The van der Waals surface area contributed by atoms with Crippen LogP contribution in [0.5, 0.6) is 11.5 Å². The monoisotopic (exact) mass is 518 g/mol. The smallest absolute Gasteiger partial charge is 0.339 e. The number of benzene rings is 3. The Kier molecular flexibility index (Phi) is 6.45. The fraction of sp³-hybridized carbons (Fsp3) is 0.111. The summed E-state index contributed by atoms with van der Waals surface area (Å²) in [5, 5.41) is 12.9. The van der Waals surface area contributed by atoms with Crippen molar-refractivity contribution in [2.75, 3.05) is 19.5 Å². The zero-order chi connectivity index (χ0) is 26.1. The number of hydrogen-bond acceptors (Lipinski definition) is 7. The molecular weight excluding hydrogens is 499 g/mol. The number of methoxy groups -OCH3 is 2. The summed E-state index contributed by atoms with van der Waals surface area (Å²) < 4.78 is 25.6. The molecule has 10 heteroatoms. The first kappa shape index (κ1) is 24.2. The molecule has 5 rings (SSSR count). The fourth-order valence-electron chi connectivity index (χ4n) is 4.14. The van der Waals surface area contributed by atoms with Crippen LogP contribution in [-0.2, 0) is 6.54 Å². The zero-order valence-corrected chi connectivity index (χ0v) is 20.5. The van der Waals surface area contributed by atoms with Crippen molar-refractivity contribution in [1.29, 1.82) is 0 Å². The number of aliphatic imine (C=N–C) groups is 1. The predicted octanol–water partition coefficient (Wildman–Crippen LogP) is 5.75. The van der Waals surface area contributed by atoms with Crippen molar-refractivity contribution >= 4 is 34.9 Å². The summed E-state index contributed by atoms with van der Waals surface area (Å²) in [5.74, 6) is -1.02. The van der Waals surface area contributed by atoms with E-state index in [0.717, 1.165) is 5.56 Å². The summed E-state index contributed by atoms with van der Waals surface area (Å²) in [5.41, 5.74) is 3.98. The first-order chi connectivity index (χ1) is 17.9. The Morgan fingerprint density at radius 2 is 1.84 bits per heavy atom. The quantitative estimate of drug-likeness (QED) is 0.335. The van der Waals surface area contributed by atoms with Crippen LogP contribution in [0.3, 0.4) is 0 Å². The normalized spacial score (nSPS) is 12.1. The number of nitrogens with one attached hydrogen (secondary N) is 1. The highest BCUT2D eigenvalue weighted by molar-refractivity contribution is 6.31. The Morgan fingerprint density at radius 1 is 1.03 bits per heavy atom. The van der Waals surface area contributed by atoms with E-state index in [0.29, 0.717) is 33.2 Å². The van der Waals surface area contributed by atoms with Crippen LogP contribution >= 0.6 is 11.6 Å². The lowest BCUT2D eigenvalue weighted by atomic mass is 9.95. The van der Waals surface area contributed by atoms with Gasteiger partial charge < -0.3 is 19.9 Å². The van der Waals surface area contributed by atoms with Gasteiger partial charge in [0.15, 0.2) is 11.6 Å². The number of rotatable bonds is 6. The Morgan fingerprint density at radius 3 is 2.59 bits per heavy atom. The minimum absolute atomic E-state index is 0.0381. The molecule has 4 aromatic rings. The van der Waals surface area contributed by atoms with Crippen molar-refractivity contribution in [2.45, 2.75) is 6.54 Å². The number of aromatic carboxylic acids is 1. The van der Waals surface area contributed by atoms with Crippen molar-refractivity contribution in [2.24, 2.45) is 4.99 Å². The van der Waals surface area contributed by atoms with Gasteiger partial charge in [0.05, 0.1) is 32.2 Å². The van der Waals surface area contributed by atoms with Gasteiger partial charge >= 0.3 is 5.97 Å². The number of halogens is 2. The Labute approximate surface area is 216 Å². The van der Waals surface area contributed by atoms with Crippen molar-refractivity contribution in [3.05, 3.63) is 93.9 Å². The van der Waals surface area contributed by atoms with Crippen LogP contribution in [0.25, 0.3) is 11.3 Å². The summed E-state index contributed by atoms with van der Waals surface area (Å²) in [6.07, 6.45) is 1.65. The third kappa shape index (κ3) is 4.56. The molecule has 0 atom stereocenters. The van der Waals surface area contributed by atoms with E-state index >= 15 is 4.39 Å².